The molecular formula is C22H21NO3. The van der Waals surface area contributed by atoms with E-state index in [1.54, 1.807) is 13.2 Å². The van der Waals surface area contributed by atoms with Gasteiger partial charge in [-0.3, -0.25) is 9.59 Å². The van der Waals surface area contributed by atoms with Crippen molar-refractivity contribution >= 4 is 17.9 Å². The highest BCUT2D eigenvalue weighted by atomic mass is 16.5. The molecule has 1 unspecified atom stereocenters. The van der Waals surface area contributed by atoms with Crippen LogP contribution in [0.4, 0.5) is 5.69 Å². The molecule has 26 heavy (non-hydrogen) atoms. The standard InChI is InChI=1S/C22H21NO3/c1-26-21-14-17(11-12-18(21)15-24)19-9-5-6-10-20(19)23-22(25)13-16-7-3-2-4-8-16/h2-12,15,17H,13-14H2,1H3,(H,23,25). The Morgan fingerprint density at radius 3 is 2.62 bits per heavy atom. The Balaban J connectivity index is 1.77. The van der Waals surface area contributed by atoms with Gasteiger partial charge in [-0.15, -0.1) is 0 Å². The van der Waals surface area contributed by atoms with Gasteiger partial charge in [0.2, 0.25) is 5.91 Å². The van der Waals surface area contributed by atoms with Crippen molar-refractivity contribution in [2.45, 2.75) is 18.8 Å². The van der Waals surface area contributed by atoms with Crippen molar-refractivity contribution in [1.29, 1.82) is 0 Å². The maximum Gasteiger partial charge on any atom is 0.228 e. The van der Waals surface area contributed by atoms with Crippen molar-refractivity contribution in [2.24, 2.45) is 0 Å². The maximum absolute atomic E-state index is 12.4. The zero-order chi connectivity index (χ0) is 18.4. The average Bonchev–Trinajstić information content (AvgIpc) is 2.68. The second kappa shape index (κ2) is 8.30. The number of anilines is 1. The third-order valence-corrected chi connectivity index (χ3v) is 4.45. The molecule has 1 amide bonds. The first-order chi connectivity index (χ1) is 12.7. The van der Waals surface area contributed by atoms with Crippen LogP contribution in [-0.4, -0.2) is 19.3 Å². The van der Waals surface area contributed by atoms with Crippen LogP contribution in [0.3, 0.4) is 0 Å². The predicted octanol–water partition coefficient (Wildman–Crippen LogP) is 4.01. The monoisotopic (exact) mass is 347 g/mol. The average molecular weight is 347 g/mol. The summed E-state index contributed by atoms with van der Waals surface area (Å²) in [6.07, 6.45) is 5.48. The lowest BCUT2D eigenvalue weighted by Crippen LogP contribution is -2.17. The minimum Gasteiger partial charge on any atom is -0.500 e. The molecule has 2 aromatic carbocycles. The molecule has 0 fully saturated rings. The summed E-state index contributed by atoms with van der Waals surface area (Å²) in [7, 11) is 1.57. The maximum atomic E-state index is 12.4. The summed E-state index contributed by atoms with van der Waals surface area (Å²) in [5.41, 5.74) is 3.33. The Morgan fingerprint density at radius 2 is 1.88 bits per heavy atom. The van der Waals surface area contributed by atoms with Crippen LogP contribution in [-0.2, 0) is 20.7 Å². The molecule has 1 aliphatic carbocycles. The van der Waals surface area contributed by atoms with E-state index in [4.69, 9.17) is 4.74 Å². The zero-order valence-electron chi connectivity index (χ0n) is 14.6. The molecule has 0 aliphatic heterocycles. The second-order valence-corrected chi connectivity index (χ2v) is 6.17. The first-order valence-electron chi connectivity index (χ1n) is 8.54. The van der Waals surface area contributed by atoms with Gasteiger partial charge in [0.15, 0.2) is 6.29 Å². The lowest BCUT2D eigenvalue weighted by Gasteiger charge is -2.22. The van der Waals surface area contributed by atoms with Gasteiger partial charge >= 0.3 is 0 Å². The van der Waals surface area contributed by atoms with Crippen LogP contribution >= 0.6 is 0 Å². The highest BCUT2D eigenvalue weighted by Crippen LogP contribution is 2.35. The quantitative estimate of drug-likeness (QED) is 0.803. The fourth-order valence-electron chi connectivity index (χ4n) is 3.13. The molecule has 1 N–H and O–H groups in total. The number of benzene rings is 2. The number of carbonyl (C=O) groups excluding carboxylic acids is 2. The highest BCUT2D eigenvalue weighted by Gasteiger charge is 2.21. The van der Waals surface area contributed by atoms with E-state index in [0.29, 0.717) is 24.2 Å². The second-order valence-electron chi connectivity index (χ2n) is 6.17. The molecule has 0 aromatic heterocycles. The third kappa shape index (κ3) is 4.09. The zero-order valence-corrected chi connectivity index (χ0v) is 14.6. The van der Waals surface area contributed by atoms with E-state index >= 15 is 0 Å². The summed E-state index contributed by atoms with van der Waals surface area (Å²) in [4.78, 5) is 23.5. The van der Waals surface area contributed by atoms with Gasteiger partial charge in [0.25, 0.3) is 0 Å². The van der Waals surface area contributed by atoms with Crippen LogP contribution in [0.1, 0.15) is 23.5 Å². The largest absolute Gasteiger partial charge is 0.500 e. The summed E-state index contributed by atoms with van der Waals surface area (Å²) in [5, 5.41) is 3.02. The van der Waals surface area contributed by atoms with Gasteiger partial charge in [0.05, 0.1) is 19.1 Å². The Morgan fingerprint density at radius 1 is 1.15 bits per heavy atom. The predicted molar refractivity (Wildman–Crippen MR) is 102 cm³/mol. The first kappa shape index (κ1) is 17.7. The minimum atomic E-state index is -0.0560. The van der Waals surface area contributed by atoms with Gasteiger partial charge in [-0.05, 0) is 17.2 Å². The molecule has 0 radical (unpaired) electrons. The van der Waals surface area contributed by atoms with Crippen molar-refractivity contribution in [3.8, 4) is 0 Å². The number of aldehydes is 1. The number of ether oxygens (including phenoxy) is 1. The molecule has 4 nitrogen and oxygen atoms in total. The number of para-hydroxylation sites is 1. The van der Waals surface area contributed by atoms with Gasteiger partial charge < -0.3 is 10.1 Å². The number of hydrogen-bond donors (Lipinski definition) is 1. The fourth-order valence-corrected chi connectivity index (χ4v) is 3.13. The van der Waals surface area contributed by atoms with Gasteiger partial charge in [-0.1, -0.05) is 60.7 Å². The number of nitrogens with one attached hydrogen (secondary N) is 1. The first-order valence-corrected chi connectivity index (χ1v) is 8.54. The molecule has 0 heterocycles. The SMILES string of the molecule is COC1=C(C=O)C=CC(c2ccccc2NC(=O)Cc2ccccc2)C1. The molecule has 0 spiro atoms. The molecule has 4 heteroatoms. The van der Waals surface area contributed by atoms with Gasteiger partial charge in [0.1, 0.15) is 5.76 Å². The molecule has 132 valence electrons. The molecule has 0 bridgehead atoms. The van der Waals surface area contributed by atoms with Crippen LogP contribution in [0, 0.1) is 0 Å². The summed E-state index contributed by atoms with van der Waals surface area (Å²) in [5.74, 6) is 0.652. The Hall–Kier alpha value is -3.14. The number of methoxy groups -OCH3 is 1. The summed E-state index contributed by atoms with van der Waals surface area (Å²) < 4.78 is 5.36. The summed E-state index contributed by atoms with van der Waals surface area (Å²) >= 11 is 0. The van der Waals surface area contributed by atoms with Crippen molar-refractivity contribution in [1.82, 2.24) is 0 Å². The number of allylic oxidation sites excluding steroid dienone is 4. The van der Waals surface area contributed by atoms with E-state index in [9.17, 15) is 9.59 Å². The van der Waals surface area contributed by atoms with E-state index in [2.05, 4.69) is 5.32 Å². The van der Waals surface area contributed by atoms with Crippen LogP contribution in [0.25, 0.3) is 0 Å². The molecule has 0 saturated heterocycles. The minimum absolute atomic E-state index is 0.0434. The van der Waals surface area contributed by atoms with Crippen molar-refractivity contribution in [3.63, 3.8) is 0 Å². The van der Waals surface area contributed by atoms with Crippen LogP contribution < -0.4 is 5.32 Å². The number of carbonyl (C=O) groups is 2. The Bertz CT molecular complexity index is 853. The van der Waals surface area contributed by atoms with Gasteiger partial charge in [-0.25, -0.2) is 0 Å². The fraction of sp³-hybridized carbons (Fsp3) is 0.182. The number of rotatable bonds is 6. The summed E-state index contributed by atoms with van der Waals surface area (Å²) in [6, 6.07) is 17.4. The highest BCUT2D eigenvalue weighted by molar-refractivity contribution is 5.93. The van der Waals surface area contributed by atoms with Crippen LogP contribution in [0.5, 0.6) is 0 Å². The lowest BCUT2D eigenvalue weighted by molar-refractivity contribution is -0.115. The van der Waals surface area contributed by atoms with Crippen molar-refractivity contribution in [3.05, 3.63) is 89.2 Å². The molecule has 3 rings (SSSR count). The molecule has 1 atom stereocenters. The van der Waals surface area contributed by atoms with Crippen LogP contribution in [0.15, 0.2) is 78.1 Å². The van der Waals surface area contributed by atoms with E-state index in [0.717, 1.165) is 23.1 Å². The third-order valence-electron chi connectivity index (χ3n) is 4.45. The molecular weight excluding hydrogens is 326 g/mol. The van der Waals surface area contributed by atoms with E-state index in [1.165, 1.54) is 0 Å². The molecule has 0 saturated carbocycles. The van der Waals surface area contributed by atoms with E-state index in [-0.39, 0.29) is 11.8 Å². The normalized spacial score (nSPS) is 16.3. The lowest BCUT2D eigenvalue weighted by atomic mass is 9.88. The molecule has 2 aromatic rings. The van der Waals surface area contributed by atoms with E-state index < -0.39 is 0 Å². The van der Waals surface area contributed by atoms with Crippen molar-refractivity contribution in [2.75, 3.05) is 12.4 Å². The van der Waals surface area contributed by atoms with Crippen LogP contribution in [0.2, 0.25) is 0 Å². The Labute approximate surface area is 153 Å². The summed E-state index contributed by atoms with van der Waals surface area (Å²) in [6.45, 7) is 0. The Kier molecular flexibility index (Phi) is 5.64. The van der Waals surface area contributed by atoms with Gasteiger partial charge in [0, 0.05) is 18.0 Å². The molecule has 1 aliphatic rings. The van der Waals surface area contributed by atoms with Crippen molar-refractivity contribution < 1.29 is 14.3 Å². The smallest absolute Gasteiger partial charge is 0.228 e. The number of amides is 1. The topological polar surface area (TPSA) is 55.4 Å². The van der Waals surface area contributed by atoms with E-state index in [1.807, 2.05) is 60.7 Å². The van der Waals surface area contributed by atoms with Gasteiger partial charge in [-0.2, -0.15) is 0 Å². The number of hydrogen-bond acceptors (Lipinski definition) is 3.